The zero-order valence-corrected chi connectivity index (χ0v) is 13.8. The van der Waals surface area contributed by atoms with Crippen molar-refractivity contribution < 1.29 is 9.47 Å². The first kappa shape index (κ1) is 16.2. The third-order valence-electron chi connectivity index (χ3n) is 2.84. The number of nitrogens with zero attached hydrogens (tertiary/aromatic N) is 1. The maximum atomic E-state index is 6.06. The topological polar surface area (TPSA) is 43.4 Å². The zero-order chi connectivity index (χ0) is 15.1. The van der Waals surface area contributed by atoms with E-state index in [1.807, 2.05) is 30.5 Å². The van der Waals surface area contributed by atoms with Gasteiger partial charge < -0.3 is 14.8 Å². The van der Waals surface area contributed by atoms with Crippen LogP contribution in [0.15, 0.2) is 23.6 Å². The minimum absolute atomic E-state index is 0.477. The lowest BCUT2D eigenvalue weighted by molar-refractivity contribution is 0.199. The van der Waals surface area contributed by atoms with Crippen molar-refractivity contribution >= 4 is 22.9 Å². The Morgan fingerprint density at radius 2 is 2.24 bits per heavy atom. The second kappa shape index (κ2) is 8.34. The fraction of sp³-hybridized carbons (Fsp3) is 0.400. The summed E-state index contributed by atoms with van der Waals surface area (Å²) in [6.45, 7) is 4.61. The normalized spacial score (nSPS) is 10.8. The lowest BCUT2D eigenvalue weighted by Gasteiger charge is -2.12. The second-order valence-electron chi connectivity index (χ2n) is 4.59. The van der Waals surface area contributed by atoms with Crippen molar-refractivity contribution in [1.29, 1.82) is 0 Å². The summed E-state index contributed by atoms with van der Waals surface area (Å²) < 4.78 is 10.9. The van der Waals surface area contributed by atoms with Gasteiger partial charge >= 0.3 is 0 Å². The second-order valence-corrected chi connectivity index (χ2v) is 5.97. The highest BCUT2D eigenvalue weighted by molar-refractivity contribution is 7.09. The Kier molecular flexibility index (Phi) is 6.45. The smallest absolute Gasteiger partial charge is 0.140 e. The Hall–Kier alpha value is -1.14. The molecule has 0 saturated heterocycles. The first-order valence-electron chi connectivity index (χ1n) is 6.71. The highest BCUT2D eigenvalue weighted by Crippen LogP contribution is 2.24. The van der Waals surface area contributed by atoms with Gasteiger partial charge in [-0.2, -0.15) is 0 Å². The lowest BCUT2D eigenvalue weighted by Crippen LogP contribution is -2.19. The van der Waals surface area contributed by atoms with E-state index in [-0.39, 0.29) is 0 Å². The van der Waals surface area contributed by atoms with Crippen molar-refractivity contribution in [3.05, 3.63) is 44.9 Å². The van der Waals surface area contributed by atoms with Gasteiger partial charge in [-0.05, 0) is 25.1 Å². The van der Waals surface area contributed by atoms with Crippen LogP contribution in [0.3, 0.4) is 0 Å². The van der Waals surface area contributed by atoms with Gasteiger partial charge in [-0.1, -0.05) is 11.6 Å². The molecule has 21 heavy (non-hydrogen) atoms. The molecule has 0 radical (unpaired) electrons. The highest BCUT2D eigenvalue weighted by atomic mass is 35.5. The number of halogens is 1. The predicted octanol–water partition coefficient (Wildman–Crippen LogP) is 3.42. The molecular weight excluding hydrogens is 308 g/mol. The van der Waals surface area contributed by atoms with E-state index in [1.165, 1.54) is 0 Å². The van der Waals surface area contributed by atoms with Gasteiger partial charge in [0.2, 0.25) is 0 Å². The third kappa shape index (κ3) is 5.28. The van der Waals surface area contributed by atoms with Crippen LogP contribution in [0.5, 0.6) is 5.75 Å². The monoisotopic (exact) mass is 326 g/mol. The third-order valence-corrected chi connectivity index (χ3v) is 4.01. The number of rotatable bonds is 8. The van der Waals surface area contributed by atoms with E-state index in [9.17, 15) is 0 Å². The summed E-state index contributed by atoms with van der Waals surface area (Å²) in [5.41, 5.74) is 2.06. The molecule has 1 N–H and O–H groups in total. The Labute approximate surface area is 134 Å². The minimum Gasteiger partial charge on any atom is -0.486 e. The number of aryl methyl sites for hydroxylation is 1. The van der Waals surface area contributed by atoms with Gasteiger partial charge in [0.05, 0.1) is 6.61 Å². The van der Waals surface area contributed by atoms with Crippen LogP contribution in [0, 0.1) is 6.92 Å². The van der Waals surface area contributed by atoms with Gasteiger partial charge in [0.25, 0.3) is 0 Å². The molecule has 0 atom stereocenters. The lowest BCUT2D eigenvalue weighted by atomic mass is 10.2. The van der Waals surface area contributed by atoms with Gasteiger partial charge in [0, 0.05) is 41.9 Å². The Balaban J connectivity index is 1.97. The zero-order valence-electron chi connectivity index (χ0n) is 12.2. The van der Waals surface area contributed by atoms with E-state index in [1.54, 1.807) is 18.4 Å². The molecule has 114 valence electrons. The molecular formula is C15H19ClN2O2S. The van der Waals surface area contributed by atoms with Gasteiger partial charge in [-0.3, -0.25) is 0 Å². The number of aromatic nitrogens is 1. The van der Waals surface area contributed by atoms with Crippen LogP contribution in [0.1, 0.15) is 16.3 Å². The van der Waals surface area contributed by atoms with Crippen LogP contribution in [0.2, 0.25) is 5.02 Å². The molecule has 0 amide bonds. The molecule has 2 rings (SSSR count). The van der Waals surface area contributed by atoms with Crippen LogP contribution in [0.4, 0.5) is 0 Å². The number of benzene rings is 1. The van der Waals surface area contributed by atoms with Crippen LogP contribution in [0.25, 0.3) is 0 Å². The average molecular weight is 327 g/mol. The first-order valence-corrected chi connectivity index (χ1v) is 7.96. The van der Waals surface area contributed by atoms with E-state index in [4.69, 9.17) is 21.1 Å². The van der Waals surface area contributed by atoms with Gasteiger partial charge in [0.1, 0.15) is 17.4 Å². The Bertz CT molecular complexity index is 575. The molecule has 6 heteroatoms. The quantitative estimate of drug-likeness (QED) is 0.755. The van der Waals surface area contributed by atoms with Crippen LogP contribution >= 0.6 is 22.9 Å². The van der Waals surface area contributed by atoms with Gasteiger partial charge in [-0.25, -0.2) is 4.98 Å². The minimum atomic E-state index is 0.477. The number of ether oxygens (including phenoxy) is 2. The highest BCUT2D eigenvalue weighted by Gasteiger charge is 2.06. The van der Waals surface area contributed by atoms with E-state index in [2.05, 4.69) is 10.3 Å². The molecule has 0 saturated carbocycles. The SMILES string of the molecule is COCCNCc1cc(Cl)ccc1OCc1nc(C)cs1. The standard InChI is InChI=1S/C15H19ClN2O2S/c1-11-10-21-15(18-11)9-20-14-4-3-13(16)7-12(14)8-17-5-6-19-2/h3-4,7,10,17H,5-6,8-9H2,1-2H3. The first-order chi connectivity index (χ1) is 10.2. The summed E-state index contributed by atoms with van der Waals surface area (Å²) in [5.74, 6) is 0.831. The fourth-order valence-electron chi connectivity index (χ4n) is 1.83. The number of methoxy groups -OCH3 is 1. The van der Waals surface area contributed by atoms with Crippen molar-refractivity contribution in [1.82, 2.24) is 10.3 Å². The summed E-state index contributed by atoms with van der Waals surface area (Å²) in [5, 5.41) is 6.99. The summed E-state index contributed by atoms with van der Waals surface area (Å²) in [6.07, 6.45) is 0. The van der Waals surface area contributed by atoms with Crippen molar-refractivity contribution in [3.8, 4) is 5.75 Å². The molecule has 0 fully saturated rings. The summed E-state index contributed by atoms with van der Waals surface area (Å²) in [6, 6.07) is 5.66. The molecule has 2 aromatic rings. The molecule has 1 aromatic heterocycles. The van der Waals surface area contributed by atoms with E-state index in [0.717, 1.165) is 28.6 Å². The summed E-state index contributed by atoms with van der Waals surface area (Å²) in [4.78, 5) is 4.39. The van der Waals surface area contributed by atoms with Crippen LogP contribution < -0.4 is 10.1 Å². The van der Waals surface area contributed by atoms with Crippen molar-refractivity contribution in [2.75, 3.05) is 20.3 Å². The molecule has 0 spiro atoms. The molecule has 4 nitrogen and oxygen atoms in total. The van der Waals surface area contributed by atoms with Crippen molar-refractivity contribution in [3.63, 3.8) is 0 Å². The number of hydrogen-bond acceptors (Lipinski definition) is 5. The average Bonchev–Trinajstić information content (AvgIpc) is 2.88. The van der Waals surface area contributed by atoms with Gasteiger partial charge in [0.15, 0.2) is 0 Å². The molecule has 1 heterocycles. The van der Waals surface area contributed by atoms with E-state index < -0.39 is 0 Å². The van der Waals surface area contributed by atoms with Gasteiger partial charge in [-0.15, -0.1) is 11.3 Å². The van der Waals surface area contributed by atoms with Crippen molar-refractivity contribution in [2.24, 2.45) is 0 Å². The maximum Gasteiger partial charge on any atom is 0.140 e. The summed E-state index contributed by atoms with van der Waals surface area (Å²) in [7, 11) is 1.69. The number of hydrogen-bond donors (Lipinski definition) is 1. The summed E-state index contributed by atoms with van der Waals surface area (Å²) >= 11 is 7.67. The number of nitrogens with one attached hydrogen (secondary N) is 1. The molecule has 0 aliphatic rings. The van der Waals surface area contributed by atoms with Crippen molar-refractivity contribution in [2.45, 2.75) is 20.1 Å². The van der Waals surface area contributed by atoms with E-state index >= 15 is 0 Å². The maximum absolute atomic E-state index is 6.06. The molecule has 0 aliphatic heterocycles. The molecule has 0 aliphatic carbocycles. The molecule has 0 bridgehead atoms. The van der Waals surface area contributed by atoms with Crippen LogP contribution in [-0.4, -0.2) is 25.2 Å². The Morgan fingerprint density at radius 3 is 2.95 bits per heavy atom. The Morgan fingerprint density at radius 1 is 1.38 bits per heavy atom. The predicted molar refractivity (Wildman–Crippen MR) is 86.2 cm³/mol. The fourth-order valence-corrected chi connectivity index (χ4v) is 2.71. The largest absolute Gasteiger partial charge is 0.486 e. The molecule has 1 aromatic carbocycles. The van der Waals surface area contributed by atoms with Crippen LogP contribution in [-0.2, 0) is 17.9 Å². The number of thiazole rings is 1. The molecule has 0 unspecified atom stereocenters. The van der Waals surface area contributed by atoms with E-state index in [0.29, 0.717) is 24.8 Å².